The monoisotopic (exact) mass is 375 g/mol. The van der Waals surface area contributed by atoms with Crippen LogP contribution in [0.1, 0.15) is 6.42 Å². The summed E-state index contributed by atoms with van der Waals surface area (Å²) in [5.74, 6) is 0.626. The van der Waals surface area contributed by atoms with E-state index in [1.807, 2.05) is 42.5 Å². The number of benzene rings is 2. The van der Waals surface area contributed by atoms with Crippen LogP contribution in [0.15, 0.2) is 52.2 Å². The quantitative estimate of drug-likeness (QED) is 0.692. The first-order chi connectivity index (χ1) is 12.0. The number of hydrogen-bond acceptors (Lipinski definition) is 3. The lowest BCUT2D eigenvalue weighted by Gasteiger charge is -2.06. The molecule has 3 rings (SSSR count). The molecule has 0 atom stereocenters. The van der Waals surface area contributed by atoms with Gasteiger partial charge in [0.05, 0.1) is 11.0 Å². The minimum Gasteiger partial charge on any atom is -0.326 e. The van der Waals surface area contributed by atoms with Crippen molar-refractivity contribution in [2.45, 2.75) is 11.3 Å². The summed E-state index contributed by atoms with van der Waals surface area (Å²) in [6, 6.07) is 13.0. The van der Waals surface area contributed by atoms with Gasteiger partial charge in [-0.05, 0) is 42.5 Å². The molecule has 0 saturated heterocycles. The van der Waals surface area contributed by atoms with Crippen molar-refractivity contribution in [1.82, 2.24) is 9.13 Å². The number of thioether (sulfide) groups is 1. The summed E-state index contributed by atoms with van der Waals surface area (Å²) in [7, 11) is 3.45. The molecule has 0 spiro atoms. The Balaban J connectivity index is 1.61. The number of amides is 1. The molecular weight excluding hydrogens is 358 g/mol. The standard InChI is InChI=1S/C18H18ClN3O2S/c1-21-15-8-5-13(11-16(15)22(2)18(21)24)20-17(23)9-10-25-14-6-3-12(19)4-7-14/h3-8,11H,9-10H2,1-2H3,(H,20,23). The lowest BCUT2D eigenvalue weighted by molar-refractivity contribution is -0.115. The largest absolute Gasteiger partial charge is 0.328 e. The van der Waals surface area contributed by atoms with E-state index < -0.39 is 0 Å². The molecule has 2 aromatic carbocycles. The van der Waals surface area contributed by atoms with Crippen molar-refractivity contribution in [3.8, 4) is 0 Å². The number of aromatic nitrogens is 2. The average Bonchev–Trinajstić information content (AvgIpc) is 2.81. The molecule has 0 fully saturated rings. The van der Waals surface area contributed by atoms with E-state index in [2.05, 4.69) is 5.32 Å². The van der Waals surface area contributed by atoms with Crippen LogP contribution in [0.4, 0.5) is 5.69 Å². The van der Waals surface area contributed by atoms with E-state index in [9.17, 15) is 9.59 Å². The third-order valence-electron chi connectivity index (χ3n) is 3.97. The van der Waals surface area contributed by atoms with E-state index >= 15 is 0 Å². The lowest BCUT2D eigenvalue weighted by atomic mass is 10.2. The van der Waals surface area contributed by atoms with Gasteiger partial charge in [0.1, 0.15) is 0 Å². The Labute approximate surface area is 154 Å². The van der Waals surface area contributed by atoms with Gasteiger partial charge >= 0.3 is 5.69 Å². The molecule has 25 heavy (non-hydrogen) atoms. The number of aryl methyl sites for hydroxylation is 2. The molecule has 5 nitrogen and oxygen atoms in total. The minimum atomic E-state index is -0.0853. The van der Waals surface area contributed by atoms with Gasteiger partial charge in [0, 0.05) is 41.9 Å². The molecule has 0 bridgehead atoms. The molecule has 0 saturated carbocycles. The van der Waals surface area contributed by atoms with Crippen molar-refractivity contribution in [2.75, 3.05) is 11.1 Å². The maximum atomic E-state index is 12.1. The highest BCUT2D eigenvalue weighted by atomic mass is 35.5. The number of fused-ring (bicyclic) bond motifs is 1. The van der Waals surface area contributed by atoms with Gasteiger partial charge in [-0.1, -0.05) is 11.6 Å². The minimum absolute atomic E-state index is 0.0539. The zero-order valence-electron chi connectivity index (χ0n) is 14.0. The topological polar surface area (TPSA) is 56.0 Å². The predicted molar refractivity (Wildman–Crippen MR) is 104 cm³/mol. The highest BCUT2D eigenvalue weighted by Gasteiger charge is 2.09. The Bertz CT molecular complexity index is 976. The van der Waals surface area contributed by atoms with Gasteiger partial charge in [0.25, 0.3) is 0 Å². The third-order valence-corrected chi connectivity index (χ3v) is 5.23. The van der Waals surface area contributed by atoms with Crippen molar-refractivity contribution in [3.63, 3.8) is 0 Å². The summed E-state index contributed by atoms with van der Waals surface area (Å²) in [6.07, 6.45) is 0.402. The maximum absolute atomic E-state index is 12.1. The number of halogens is 1. The second-order valence-electron chi connectivity index (χ2n) is 5.70. The number of carbonyl (C=O) groups excluding carboxylic acids is 1. The zero-order valence-corrected chi connectivity index (χ0v) is 15.5. The molecule has 0 aliphatic heterocycles. The molecule has 7 heteroatoms. The van der Waals surface area contributed by atoms with Crippen LogP contribution in [0.2, 0.25) is 5.02 Å². The molecule has 1 heterocycles. The van der Waals surface area contributed by atoms with Gasteiger partial charge in [0.2, 0.25) is 5.91 Å². The molecule has 130 valence electrons. The van der Waals surface area contributed by atoms with Gasteiger partial charge < -0.3 is 5.32 Å². The number of rotatable bonds is 5. The van der Waals surface area contributed by atoms with Crippen LogP contribution in [0.25, 0.3) is 11.0 Å². The molecule has 0 aliphatic rings. The van der Waals surface area contributed by atoms with Crippen LogP contribution in [0.5, 0.6) is 0 Å². The third kappa shape index (κ3) is 3.91. The van der Waals surface area contributed by atoms with Crippen LogP contribution >= 0.6 is 23.4 Å². The summed E-state index contributed by atoms with van der Waals surface area (Å²) >= 11 is 7.46. The fourth-order valence-electron chi connectivity index (χ4n) is 2.60. The Kier molecular flexibility index (Phi) is 5.20. The smallest absolute Gasteiger partial charge is 0.326 e. The van der Waals surface area contributed by atoms with Gasteiger partial charge in [-0.2, -0.15) is 0 Å². The second-order valence-corrected chi connectivity index (χ2v) is 7.31. The first kappa shape index (κ1) is 17.6. The van der Waals surface area contributed by atoms with Crippen molar-refractivity contribution in [2.24, 2.45) is 14.1 Å². The normalized spacial score (nSPS) is 11.0. The second kappa shape index (κ2) is 7.37. The maximum Gasteiger partial charge on any atom is 0.328 e. The number of carbonyl (C=O) groups is 1. The lowest BCUT2D eigenvalue weighted by Crippen LogP contribution is -2.19. The number of imidazole rings is 1. The van der Waals surface area contributed by atoms with Crippen LogP contribution in [-0.4, -0.2) is 20.8 Å². The number of hydrogen-bond donors (Lipinski definition) is 1. The van der Waals surface area contributed by atoms with Gasteiger partial charge in [-0.15, -0.1) is 11.8 Å². The van der Waals surface area contributed by atoms with Gasteiger partial charge in [-0.3, -0.25) is 13.9 Å². The molecular formula is C18H18ClN3O2S. The van der Waals surface area contributed by atoms with E-state index in [-0.39, 0.29) is 11.6 Å². The fraction of sp³-hybridized carbons (Fsp3) is 0.222. The van der Waals surface area contributed by atoms with Gasteiger partial charge in [0.15, 0.2) is 0 Å². The van der Waals surface area contributed by atoms with E-state index in [0.717, 1.165) is 15.9 Å². The van der Waals surface area contributed by atoms with Crippen LogP contribution in [0, 0.1) is 0 Å². The van der Waals surface area contributed by atoms with Crippen LogP contribution in [-0.2, 0) is 18.9 Å². The first-order valence-electron chi connectivity index (χ1n) is 7.79. The Hall–Kier alpha value is -2.18. The van der Waals surface area contributed by atoms with Crippen LogP contribution < -0.4 is 11.0 Å². The Morgan fingerprint density at radius 3 is 2.48 bits per heavy atom. The number of anilines is 1. The molecule has 1 aromatic heterocycles. The first-order valence-corrected chi connectivity index (χ1v) is 9.16. The SMILES string of the molecule is Cn1c(=O)n(C)c2cc(NC(=O)CCSc3ccc(Cl)cc3)ccc21. The molecule has 3 aromatic rings. The van der Waals surface area contributed by atoms with E-state index in [0.29, 0.717) is 22.9 Å². The molecule has 1 amide bonds. The Morgan fingerprint density at radius 1 is 1.08 bits per heavy atom. The summed E-state index contributed by atoms with van der Waals surface area (Å²) < 4.78 is 3.16. The predicted octanol–water partition coefficient (Wildman–Crippen LogP) is 3.65. The van der Waals surface area contributed by atoms with Crippen molar-refractivity contribution < 1.29 is 4.79 Å². The molecule has 0 aliphatic carbocycles. The van der Waals surface area contributed by atoms with E-state index in [1.165, 1.54) is 0 Å². The number of nitrogens with one attached hydrogen (secondary N) is 1. The van der Waals surface area contributed by atoms with Crippen molar-refractivity contribution >= 4 is 46.0 Å². The molecule has 0 radical (unpaired) electrons. The Morgan fingerprint density at radius 2 is 1.76 bits per heavy atom. The zero-order chi connectivity index (χ0) is 18.0. The number of nitrogens with zero attached hydrogens (tertiary/aromatic N) is 2. The summed E-state index contributed by atoms with van der Waals surface area (Å²) in [5.41, 5.74) is 2.23. The summed E-state index contributed by atoms with van der Waals surface area (Å²) in [6.45, 7) is 0. The van der Waals surface area contributed by atoms with Crippen LogP contribution in [0.3, 0.4) is 0 Å². The molecule has 1 N–H and O–H groups in total. The van der Waals surface area contributed by atoms with E-state index in [4.69, 9.17) is 11.6 Å². The highest BCUT2D eigenvalue weighted by Crippen LogP contribution is 2.22. The van der Waals surface area contributed by atoms with Crippen molar-refractivity contribution in [3.05, 3.63) is 58.0 Å². The highest BCUT2D eigenvalue weighted by molar-refractivity contribution is 7.99. The summed E-state index contributed by atoms with van der Waals surface area (Å²) in [5, 5.41) is 3.59. The van der Waals surface area contributed by atoms with E-state index in [1.54, 1.807) is 35.0 Å². The molecule has 0 unspecified atom stereocenters. The van der Waals surface area contributed by atoms with Crippen molar-refractivity contribution in [1.29, 1.82) is 0 Å². The van der Waals surface area contributed by atoms with Gasteiger partial charge in [-0.25, -0.2) is 4.79 Å². The summed E-state index contributed by atoms with van der Waals surface area (Å²) in [4.78, 5) is 25.2. The average molecular weight is 376 g/mol. The fourth-order valence-corrected chi connectivity index (χ4v) is 3.58.